The van der Waals surface area contributed by atoms with Crippen LogP contribution in [0.15, 0.2) is 97.2 Å². The number of nitrogens with zero attached hydrogens (tertiary/aromatic N) is 3. The minimum atomic E-state index is -0.337. The van der Waals surface area contributed by atoms with Crippen LogP contribution >= 0.6 is 0 Å². The first kappa shape index (κ1) is 29.7. The van der Waals surface area contributed by atoms with E-state index in [9.17, 15) is 4.79 Å². The summed E-state index contributed by atoms with van der Waals surface area (Å²) in [5.74, 6) is 2.57. The summed E-state index contributed by atoms with van der Waals surface area (Å²) in [6.45, 7) is 2.31. The number of benzene rings is 4. The van der Waals surface area contributed by atoms with E-state index in [1.165, 1.54) is 21.7 Å². The smallest absolute Gasteiger partial charge is 0.223 e. The predicted octanol–water partition coefficient (Wildman–Crippen LogP) is 6.15. The van der Waals surface area contributed by atoms with Crippen molar-refractivity contribution < 1.29 is 9.53 Å². The summed E-state index contributed by atoms with van der Waals surface area (Å²) in [4.78, 5) is 17.1. The van der Waals surface area contributed by atoms with Crippen LogP contribution in [0.25, 0.3) is 21.7 Å². The highest BCUT2D eigenvalue weighted by Gasteiger charge is 2.28. The second-order valence-electron chi connectivity index (χ2n) is 12.2. The van der Waals surface area contributed by atoms with Crippen molar-refractivity contribution in [3.05, 3.63) is 126 Å². The lowest BCUT2D eigenvalue weighted by atomic mass is 9.95. The molecule has 4 aromatic carbocycles. The molecule has 0 aliphatic carbocycles. The van der Waals surface area contributed by atoms with Gasteiger partial charge in [0, 0.05) is 29.4 Å². The molecular weight excluding hydrogens is 572 g/mol. The van der Waals surface area contributed by atoms with Crippen molar-refractivity contribution in [3.63, 3.8) is 0 Å². The Kier molecular flexibility index (Phi) is 8.78. The molecule has 1 aliphatic heterocycles. The number of rotatable bonds is 11. The Morgan fingerprint density at radius 1 is 0.913 bits per heavy atom. The van der Waals surface area contributed by atoms with Gasteiger partial charge in [-0.3, -0.25) is 4.79 Å². The van der Waals surface area contributed by atoms with Crippen LogP contribution in [0.1, 0.15) is 47.2 Å². The minimum Gasteiger partial charge on any atom is -0.497 e. The number of carbonyl (C=O) groups is 1. The van der Waals surface area contributed by atoms with Gasteiger partial charge in [0.15, 0.2) is 5.82 Å². The Morgan fingerprint density at radius 3 is 2.50 bits per heavy atom. The van der Waals surface area contributed by atoms with Crippen LogP contribution < -0.4 is 15.4 Å². The van der Waals surface area contributed by atoms with Gasteiger partial charge in [-0.25, -0.2) is 0 Å². The third kappa shape index (κ3) is 6.53. The minimum absolute atomic E-state index is 0.0142. The van der Waals surface area contributed by atoms with Crippen molar-refractivity contribution in [1.82, 2.24) is 30.4 Å². The number of aryl methyl sites for hydroxylation is 2. The number of ether oxygens (including phenoxy) is 1. The van der Waals surface area contributed by atoms with Crippen LogP contribution in [0.2, 0.25) is 0 Å². The number of amides is 1. The second kappa shape index (κ2) is 13.6. The molecule has 8 heteroatoms. The van der Waals surface area contributed by atoms with Gasteiger partial charge in [-0.05, 0) is 84.4 Å². The van der Waals surface area contributed by atoms with Crippen molar-refractivity contribution >= 4 is 27.6 Å². The quantitative estimate of drug-likeness (QED) is 0.163. The monoisotopic (exact) mass is 612 g/mol. The van der Waals surface area contributed by atoms with E-state index in [1.54, 1.807) is 7.11 Å². The third-order valence-electron chi connectivity index (χ3n) is 9.24. The van der Waals surface area contributed by atoms with Crippen LogP contribution in [-0.2, 0) is 30.6 Å². The summed E-state index contributed by atoms with van der Waals surface area (Å²) in [5, 5.41) is 20.0. The van der Waals surface area contributed by atoms with E-state index in [1.807, 2.05) is 18.2 Å². The lowest BCUT2D eigenvalue weighted by Crippen LogP contribution is -2.41. The van der Waals surface area contributed by atoms with Crippen molar-refractivity contribution in [3.8, 4) is 5.75 Å². The summed E-state index contributed by atoms with van der Waals surface area (Å²) in [6.07, 6.45) is 5.92. The number of carbonyl (C=O) groups excluding carboxylic acids is 1. The molecule has 2 aromatic heterocycles. The zero-order chi connectivity index (χ0) is 31.3. The predicted molar refractivity (Wildman–Crippen MR) is 182 cm³/mol. The number of para-hydroxylation sites is 1. The average molecular weight is 613 g/mol. The summed E-state index contributed by atoms with van der Waals surface area (Å²) in [6, 6.07) is 31.1. The molecule has 0 radical (unpaired) electrons. The normalized spacial score (nSPS) is 14.5. The Labute approximate surface area is 269 Å². The van der Waals surface area contributed by atoms with Crippen LogP contribution in [0, 0.1) is 5.92 Å². The standard InChI is InChI=1S/C38H40N6O2/c1-46-32-15-11-26(12-16-32)25-44-36(17-14-31-24-40-34-9-5-4-8-33(31)34)42-43-37(44)35(41-38(45)29-18-20-39-21-19-29)23-27-10-13-28-6-2-3-7-30(28)22-27/h2-13,15-16,22,24,29,35,39-40H,14,17-21,23,25H2,1H3,(H,41,45). The first-order chi connectivity index (χ1) is 22.6. The Hall–Kier alpha value is -4.95. The second-order valence-corrected chi connectivity index (χ2v) is 12.2. The van der Waals surface area contributed by atoms with E-state index < -0.39 is 0 Å². The van der Waals surface area contributed by atoms with Crippen LogP contribution in [0.3, 0.4) is 0 Å². The van der Waals surface area contributed by atoms with Gasteiger partial charge in [-0.2, -0.15) is 0 Å². The highest BCUT2D eigenvalue weighted by atomic mass is 16.5. The van der Waals surface area contributed by atoms with Gasteiger partial charge >= 0.3 is 0 Å². The maximum atomic E-state index is 13.7. The molecule has 8 nitrogen and oxygen atoms in total. The van der Waals surface area contributed by atoms with Gasteiger partial charge in [0.05, 0.1) is 19.7 Å². The number of aromatic nitrogens is 4. The maximum Gasteiger partial charge on any atom is 0.223 e. The topological polar surface area (TPSA) is 96.9 Å². The van der Waals surface area contributed by atoms with Crippen molar-refractivity contribution in [1.29, 1.82) is 0 Å². The van der Waals surface area contributed by atoms with E-state index in [0.29, 0.717) is 13.0 Å². The number of H-pyrrole nitrogens is 1. The molecule has 3 heterocycles. The number of aromatic amines is 1. The molecule has 0 bridgehead atoms. The van der Waals surface area contributed by atoms with E-state index in [4.69, 9.17) is 14.9 Å². The van der Waals surface area contributed by atoms with Crippen molar-refractivity contribution in [2.24, 2.45) is 5.92 Å². The lowest BCUT2D eigenvalue weighted by Gasteiger charge is -2.26. The Morgan fingerprint density at radius 2 is 1.67 bits per heavy atom. The fourth-order valence-electron chi connectivity index (χ4n) is 6.64. The van der Waals surface area contributed by atoms with Crippen molar-refractivity contribution in [2.75, 3.05) is 20.2 Å². The van der Waals surface area contributed by atoms with Gasteiger partial charge in [0.25, 0.3) is 0 Å². The zero-order valence-electron chi connectivity index (χ0n) is 26.2. The number of hydrogen-bond acceptors (Lipinski definition) is 5. The maximum absolute atomic E-state index is 13.7. The van der Waals surface area contributed by atoms with E-state index in [2.05, 4.69) is 99.2 Å². The molecular formula is C38H40N6O2. The molecule has 0 spiro atoms. The fraction of sp³-hybridized carbons (Fsp3) is 0.289. The van der Waals surface area contributed by atoms with E-state index >= 15 is 0 Å². The average Bonchev–Trinajstić information content (AvgIpc) is 3.71. The molecule has 6 aromatic rings. The Bertz CT molecular complexity index is 1940. The fourth-order valence-corrected chi connectivity index (χ4v) is 6.64. The molecule has 1 amide bonds. The number of piperidine rings is 1. The van der Waals surface area contributed by atoms with E-state index in [-0.39, 0.29) is 17.9 Å². The number of methoxy groups -OCH3 is 1. The third-order valence-corrected chi connectivity index (χ3v) is 9.24. The number of hydrogen-bond donors (Lipinski definition) is 3. The molecule has 1 atom stereocenters. The molecule has 1 fully saturated rings. The van der Waals surface area contributed by atoms with Gasteiger partial charge in [0.2, 0.25) is 5.91 Å². The molecule has 1 saturated heterocycles. The molecule has 1 unspecified atom stereocenters. The lowest BCUT2D eigenvalue weighted by molar-refractivity contribution is -0.126. The molecule has 1 aliphatic rings. The van der Waals surface area contributed by atoms with Gasteiger partial charge in [0.1, 0.15) is 11.6 Å². The largest absolute Gasteiger partial charge is 0.497 e. The zero-order valence-corrected chi connectivity index (χ0v) is 26.2. The summed E-state index contributed by atoms with van der Waals surface area (Å²) in [5.41, 5.74) is 4.65. The first-order valence-electron chi connectivity index (χ1n) is 16.2. The summed E-state index contributed by atoms with van der Waals surface area (Å²) >= 11 is 0. The first-order valence-corrected chi connectivity index (χ1v) is 16.2. The van der Waals surface area contributed by atoms with Gasteiger partial charge in [-0.15, -0.1) is 10.2 Å². The van der Waals surface area contributed by atoms with Gasteiger partial charge in [-0.1, -0.05) is 72.8 Å². The van der Waals surface area contributed by atoms with Crippen LogP contribution in [0.4, 0.5) is 0 Å². The number of nitrogens with one attached hydrogen (secondary N) is 3. The molecule has 0 saturated carbocycles. The molecule has 7 rings (SSSR count). The molecule has 3 N–H and O–H groups in total. The molecule has 234 valence electrons. The van der Waals surface area contributed by atoms with E-state index in [0.717, 1.165) is 72.8 Å². The number of fused-ring (bicyclic) bond motifs is 2. The van der Waals surface area contributed by atoms with Crippen molar-refractivity contribution in [2.45, 2.75) is 44.7 Å². The summed E-state index contributed by atoms with van der Waals surface area (Å²) < 4.78 is 7.63. The highest BCUT2D eigenvalue weighted by molar-refractivity contribution is 5.84. The van der Waals surface area contributed by atoms with Crippen LogP contribution in [-0.4, -0.2) is 45.9 Å². The SMILES string of the molecule is COc1ccc(Cn2c(CCc3c[nH]c4ccccc34)nnc2C(Cc2ccc3ccccc3c2)NC(=O)C2CCNCC2)cc1. The van der Waals surface area contributed by atoms with Gasteiger partial charge < -0.3 is 24.9 Å². The Balaban J connectivity index is 1.24. The highest BCUT2D eigenvalue weighted by Crippen LogP contribution is 2.26. The molecule has 46 heavy (non-hydrogen) atoms. The summed E-state index contributed by atoms with van der Waals surface area (Å²) in [7, 11) is 1.68. The van der Waals surface area contributed by atoms with Crippen LogP contribution in [0.5, 0.6) is 5.75 Å².